The van der Waals surface area contributed by atoms with Crippen molar-refractivity contribution in [3.63, 3.8) is 0 Å². The van der Waals surface area contributed by atoms with Gasteiger partial charge < -0.3 is 14.6 Å². The zero-order chi connectivity index (χ0) is 20.2. The second kappa shape index (κ2) is 9.86. The zero-order valence-corrected chi connectivity index (χ0v) is 18.8. The number of hydrogen-bond donors (Lipinski definition) is 2. The van der Waals surface area contributed by atoms with Crippen LogP contribution in [0, 0.1) is 11.8 Å². The lowest BCUT2D eigenvalue weighted by molar-refractivity contribution is 0.219. The van der Waals surface area contributed by atoms with Crippen molar-refractivity contribution in [3.05, 3.63) is 40.4 Å². The van der Waals surface area contributed by atoms with Gasteiger partial charge in [0.05, 0.1) is 16.1 Å². The average Bonchev–Trinajstić information content (AvgIpc) is 2.60. The van der Waals surface area contributed by atoms with Crippen molar-refractivity contribution in [1.29, 1.82) is 0 Å². The lowest BCUT2D eigenvalue weighted by Gasteiger charge is -2.38. The van der Waals surface area contributed by atoms with Crippen LogP contribution in [0.15, 0.2) is 24.8 Å². The van der Waals surface area contributed by atoms with Crippen LogP contribution >= 0.6 is 23.2 Å². The fourth-order valence-corrected chi connectivity index (χ4v) is 4.48. The molecule has 0 amide bonds. The Labute approximate surface area is 176 Å². The number of ether oxygens (including phenoxy) is 1. The van der Waals surface area contributed by atoms with E-state index >= 15 is 0 Å². The van der Waals surface area contributed by atoms with Crippen LogP contribution in [0.3, 0.4) is 0 Å². The minimum atomic E-state index is -1.23. The Morgan fingerprint density at radius 2 is 2.07 bits per heavy atom. The Hall–Kier alpha value is -0.430. The van der Waals surface area contributed by atoms with E-state index in [1.165, 1.54) is 0 Å². The van der Waals surface area contributed by atoms with E-state index in [9.17, 15) is 4.55 Å². The maximum Gasteiger partial charge on any atom is 0.136 e. The largest absolute Gasteiger partial charge is 0.598 e. The summed E-state index contributed by atoms with van der Waals surface area (Å²) in [4.78, 5) is 0. The molecule has 1 aromatic rings. The van der Waals surface area contributed by atoms with Crippen LogP contribution in [0.2, 0.25) is 10.0 Å². The summed E-state index contributed by atoms with van der Waals surface area (Å²) in [5.74, 6) is 1.36. The van der Waals surface area contributed by atoms with E-state index in [-0.39, 0.29) is 10.8 Å². The summed E-state index contributed by atoms with van der Waals surface area (Å²) in [6.45, 7) is 14.0. The molecule has 1 heterocycles. The van der Waals surface area contributed by atoms with E-state index < -0.39 is 11.4 Å². The van der Waals surface area contributed by atoms with Crippen LogP contribution in [0.1, 0.15) is 45.7 Å². The fourth-order valence-electron chi connectivity index (χ4n) is 3.26. The van der Waals surface area contributed by atoms with Crippen molar-refractivity contribution in [3.8, 4) is 5.75 Å². The quantitative estimate of drug-likeness (QED) is 0.475. The summed E-state index contributed by atoms with van der Waals surface area (Å²) < 4.78 is 21.8. The molecule has 2 rings (SSSR count). The highest BCUT2D eigenvalue weighted by Crippen LogP contribution is 2.41. The van der Waals surface area contributed by atoms with Crippen molar-refractivity contribution in [2.45, 2.75) is 44.9 Å². The Morgan fingerprint density at radius 1 is 1.41 bits per heavy atom. The van der Waals surface area contributed by atoms with Crippen LogP contribution in [-0.2, 0) is 11.4 Å². The molecule has 27 heavy (non-hydrogen) atoms. The third kappa shape index (κ3) is 6.02. The Balaban J connectivity index is 2.48. The van der Waals surface area contributed by atoms with Crippen molar-refractivity contribution in [2.75, 3.05) is 19.7 Å². The average molecular weight is 433 g/mol. The summed E-state index contributed by atoms with van der Waals surface area (Å²) in [5, 5.41) is 4.33. The summed E-state index contributed by atoms with van der Waals surface area (Å²) in [5.41, 5.74) is 0.891. The lowest BCUT2D eigenvalue weighted by atomic mass is 9.79. The van der Waals surface area contributed by atoms with Crippen LogP contribution in [-0.4, -0.2) is 29.0 Å². The number of rotatable bonds is 7. The molecule has 3 unspecified atom stereocenters. The molecule has 0 spiro atoms. The van der Waals surface area contributed by atoms with Crippen molar-refractivity contribution in [1.82, 2.24) is 10.0 Å². The van der Waals surface area contributed by atoms with Gasteiger partial charge in [-0.1, -0.05) is 42.8 Å². The number of benzene rings is 1. The van der Waals surface area contributed by atoms with Gasteiger partial charge in [-0.25, -0.2) is 0 Å². The van der Waals surface area contributed by atoms with Crippen LogP contribution < -0.4 is 14.8 Å². The van der Waals surface area contributed by atoms with Gasteiger partial charge >= 0.3 is 0 Å². The summed E-state index contributed by atoms with van der Waals surface area (Å²) in [6, 6.07) is 3.43. The monoisotopic (exact) mass is 432 g/mol. The van der Waals surface area contributed by atoms with Gasteiger partial charge in [0, 0.05) is 23.0 Å². The molecule has 0 aromatic heterocycles. The molecule has 7 heteroatoms. The third-order valence-electron chi connectivity index (χ3n) is 4.81. The van der Waals surface area contributed by atoms with Crippen LogP contribution in [0.25, 0.3) is 0 Å². The molecule has 0 saturated carbocycles. The van der Waals surface area contributed by atoms with E-state index in [4.69, 9.17) is 27.9 Å². The molecule has 1 aliphatic heterocycles. The van der Waals surface area contributed by atoms with Crippen molar-refractivity contribution >= 4 is 34.6 Å². The van der Waals surface area contributed by atoms with Gasteiger partial charge in [0.25, 0.3) is 0 Å². The van der Waals surface area contributed by atoms with Crippen LogP contribution in [0.5, 0.6) is 5.75 Å². The molecule has 0 bridgehead atoms. The predicted molar refractivity (Wildman–Crippen MR) is 116 cm³/mol. The first-order valence-corrected chi connectivity index (χ1v) is 11.2. The first kappa shape index (κ1) is 22.9. The fraction of sp³-hybridized carbons (Fsp3) is 0.600. The highest BCUT2D eigenvalue weighted by Gasteiger charge is 2.38. The predicted octanol–water partition coefficient (Wildman–Crippen LogP) is 4.90. The molecule has 1 aliphatic rings. The number of hydrogen-bond acceptors (Lipinski definition) is 4. The normalized spacial score (nSPS) is 22.9. The zero-order valence-electron chi connectivity index (χ0n) is 16.5. The number of halogens is 2. The minimum Gasteiger partial charge on any atom is -0.598 e. The van der Waals surface area contributed by atoms with Crippen molar-refractivity contribution < 1.29 is 9.29 Å². The summed E-state index contributed by atoms with van der Waals surface area (Å²) >= 11 is 11.3. The second-order valence-corrected chi connectivity index (χ2v) is 10.8. The SMILES string of the molecule is C=CCOc1cc(Cl)c(Cl)cc1[C@H](N[S+]([O-])C(C)(C)C)C1CCNCC1C. The molecule has 4 nitrogen and oxygen atoms in total. The molecule has 1 fully saturated rings. The maximum absolute atomic E-state index is 12.9. The van der Waals surface area contributed by atoms with E-state index in [0.29, 0.717) is 34.2 Å². The van der Waals surface area contributed by atoms with E-state index in [1.54, 1.807) is 12.1 Å². The Kier molecular flexibility index (Phi) is 8.34. The smallest absolute Gasteiger partial charge is 0.136 e. The van der Waals surface area contributed by atoms with Gasteiger partial charge in [-0.15, -0.1) is 4.72 Å². The molecular formula is C20H30Cl2N2O2S. The Morgan fingerprint density at radius 3 is 2.67 bits per heavy atom. The number of nitrogens with one attached hydrogen (secondary N) is 2. The number of piperidine rings is 1. The third-order valence-corrected chi connectivity index (χ3v) is 7.12. The molecule has 4 atom stereocenters. The first-order chi connectivity index (χ1) is 12.6. The standard InChI is InChI=1S/C20H30Cl2N2O2S/c1-6-9-26-18-11-17(22)16(21)10-15(18)19(24-27(25)20(3,4)5)14-7-8-23-12-13(14)2/h6,10-11,13-14,19,23-24H,1,7-9,12H2,2-5H3/t13?,14?,19-,27?/m1/s1. The first-order valence-electron chi connectivity index (χ1n) is 9.26. The lowest BCUT2D eigenvalue weighted by Crippen LogP contribution is -2.47. The molecule has 152 valence electrons. The molecule has 1 saturated heterocycles. The molecule has 0 aliphatic carbocycles. The van der Waals surface area contributed by atoms with Gasteiger partial charge in [0.1, 0.15) is 17.1 Å². The molecular weight excluding hydrogens is 403 g/mol. The molecule has 1 aromatic carbocycles. The van der Waals surface area contributed by atoms with Gasteiger partial charge in [-0.05, 0) is 58.2 Å². The van der Waals surface area contributed by atoms with Gasteiger partial charge in [0.2, 0.25) is 0 Å². The highest BCUT2D eigenvalue weighted by atomic mass is 35.5. The van der Waals surface area contributed by atoms with Crippen LogP contribution in [0.4, 0.5) is 0 Å². The van der Waals surface area contributed by atoms with Gasteiger partial charge in [-0.3, -0.25) is 0 Å². The summed E-state index contributed by atoms with van der Waals surface area (Å²) in [6.07, 6.45) is 2.66. The maximum atomic E-state index is 12.9. The van der Waals surface area contributed by atoms with E-state index in [0.717, 1.165) is 25.1 Å². The topological polar surface area (TPSA) is 56.3 Å². The summed E-state index contributed by atoms with van der Waals surface area (Å²) in [7, 11) is 0. The minimum absolute atomic E-state index is 0.156. The molecule has 0 radical (unpaired) electrons. The molecule has 2 N–H and O–H groups in total. The Bertz CT molecular complexity index is 652. The second-order valence-electron chi connectivity index (χ2n) is 8.01. The van der Waals surface area contributed by atoms with Gasteiger partial charge in [-0.2, -0.15) is 0 Å². The van der Waals surface area contributed by atoms with Crippen molar-refractivity contribution in [2.24, 2.45) is 11.8 Å². The van der Waals surface area contributed by atoms with E-state index in [2.05, 4.69) is 23.5 Å². The van der Waals surface area contributed by atoms with Gasteiger partial charge in [0.15, 0.2) is 0 Å². The highest BCUT2D eigenvalue weighted by molar-refractivity contribution is 7.90. The van der Waals surface area contributed by atoms with E-state index in [1.807, 2.05) is 26.8 Å².